The minimum atomic E-state index is -3.96. The van der Waals surface area contributed by atoms with Crippen LogP contribution in [0.5, 0.6) is 5.75 Å². The molecule has 2 amide bonds. The summed E-state index contributed by atoms with van der Waals surface area (Å²) in [5, 5.41) is 2.60. The predicted octanol–water partition coefficient (Wildman–Crippen LogP) is 3.97. The Morgan fingerprint density at radius 2 is 1.65 bits per heavy atom. The number of piperidine rings is 1. The van der Waals surface area contributed by atoms with Crippen LogP contribution in [0.2, 0.25) is 0 Å². The SMILES string of the molecule is CC1CC(C)CN(C(=O)c2ccccc2NC(=O)CS(=O)(=O)Nc2ccc(OC(C)C)cc2)C1. The highest BCUT2D eigenvalue weighted by Crippen LogP contribution is 2.25. The lowest BCUT2D eigenvalue weighted by Crippen LogP contribution is -2.42. The summed E-state index contributed by atoms with van der Waals surface area (Å²) in [6.45, 7) is 9.34. The van der Waals surface area contributed by atoms with E-state index < -0.39 is 21.7 Å². The Kier molecular flexibility index (Phi) is 8.19. The van der Waals surface area contributed by atoms with Gasteiger partial charge in [0.2, 0.25) is 15.9 Å². The van der Waals surface area contributed by atoms with Crippen LogP contribution in [0.15, 0.2) is 48.5 Å². The van der Waals surface area contributed by atoms with E-state index >= 15 is 0 Å². The molecule has 0 spiro atoms. The zero-order chi connectivity index (χ0) is 24.9. The topological polar surface area (TPSA) is 105 Å². The Morgan fingerprint density at radius 1 is 1.03 bits per heavy atom. The molecule has 184 valence electrons. The molecular formula is C25H33N3O5S. The van der Waals surface area contributed by atoms with Crippen molar-refractivity contribution in [1.29, 1.82) is 0 Å². The number of carbonyl (C=O) groups excluding carboxylic acids is 2. The summed E-state index contributed by atoms with van der Waals surface area (Å²) in [4.78, 5) is 27.5. The number of amides is 2. The zero-order valence-electron chi connectivity index (χ0n) is 20.1. The van der Waals surface area contributed by atoms with Crippen molar-refractivity contribution >= 4 is 33.2 Å². The van der Waals surface area contributed by atoms with Gasteiger partial charge in [-0.25, -0.2) is 8.42 Å². The van der Waals surface area contributed by atoms with Crippen LogP contribution in [0.3, 0.4) is 0 Å². The maximum atomic E-state index is 13.1. The van der Waals surface area contributed by atoms with E-state index in [1.54, 1.807) is 53.4 Å². The third-order valence-electron chi connectivity index (χ3n) is 5.41. The fraction of sp³-hybridized carbons (Fsp3) is 0.440. The zero-order valence-corrected chi connectivity index (χ0v) is 20.9. The number of ether oxygens (including phenoxy) is 1. The number of nitrogens with zero attached hydrogens (tertiary/aromatic N) is 1. The van der Waals surface area contributed by atoms with Gasteiger partial charge in [-0.15, -0.1) is 0 Å². The van der Waals surface area contributed by atoms with Gasteiger partial charge in [0.15, 0.2) is 0 Å². The molecule has 1 fully saturated rings. The Labute approximate surface area is 201 Å². The van der Waals surface area contributed by atoms with Crippen LogP contribution in [0, 0.1) is 11.8 Å². The second-order valence-corrected chi connectivity index (χ2v) is 11.0. The summed E-state index contributed by atoms with van der Waals surface area (Å²) < 4.78 is 33.0. The molecule has 1 aliphatic rings. The maximum absolute atomic E-state index is 13.1. The van der Waals surface area contributed by atoms with Gasteiger partial charge in [-0.3, -0.25) is 14.3 Å². The molecule has 1 saturated heterocycles. The molecule has 1 heterocycles. The summed E-state index contributed by atoms with van der Waals surface area (Å²) in [7, 11) is -3.96. The van der Waals surface area contributed by atoms with Crippen LogP contribution in [0.25, 0.3) is 0 Å². The van der Waals surface area contributed by atoms with E-state index in [0.29, 0.717) is 47.6 Å². The maximum Gasteiger partial charge on any atom is 0.255 e. The lowest BCUT2D eigenvalue weighted by molar-refractivity contribution is -0.113. The van der Waals surface area contributed by atoms with E-state index in [-0.39, 0.29) is 12.0 Å². The number of para-hydroxylation sites is 1. The first-order valence-electron chi connectivity index (χ1n) is 11.5. The number of carbonyl (C=O) groups is 2. The number of rotatable bonds is 8. The fourth-order valence-corrected chi connectivity index (χ4v) is 5.21. The molecule has 0 bridgehead atoms. The summed E-state index contributed by atoms with van der Waals surface area (Å²) in [6, 6.07) is 13.1. The number of nitrogens with one attached hydrogen (secondary N) is 2. The summed E-state index contributed by atoms with van der Waals surface area (Å²) in [5.74, 6) is -0.257. The van der Waals surface area contributed by atoms with E-state index in [2.05, 4.69) is 23.9 Å². The molecule has 2 aromatic rings. The summed E-state index contributed by atoms with van der Waals surface area (Å²) in [5.41, 5.74) is 0.977. The molecular weight excluding hydrogens is 454 g/mol. The standard InChI is InChI=1S/C25H33N3O5S/c1-17(2)33-21-11-9-20(10-12-21)27-34(31,32)16-24(29)26-23-8-6-5-7-22(23)25(30)28-14-18(3)13-19(4)15-28/h5-12,17-19,27H,13-16H2,1-4H3,(H,26,29). The van der Waals surface area contributed by atoms with Gasteiger partial charge in [0.25, 0.3) is 5.91 Å². The third kappa shape index (κ3) is 7.21. The average Bonchev–Trinajstić information content (AvgIpc) is 2.73. The number of anilines is 2. The first-order valence-corrected chi connectivity index (χ1v) is 13.1. The average molecular weight is 488 g/mol. The number of hydrogen-bond donors (Lipinski definition) is 2. The highest BCUT2D eigenvalue weighted by molar-refractivity contribution is 7.93. The Hall–Kier alpha value is -3.07. The van der Waals surface area contributed by atoms with Crippen molar-refractivity contribution in [1.82, 2.24) is 4.90 Å². The minimum Gasteiger partial charge on any atom is -0.491 e. The molecule has 0 aliphatic carbocycles. The number of likely N-dealkylation sites (tertiary alicyclic amines) is 1. The van der Waals surface area contributed by atoms with Gasteiger partial charge in [-0.1, -0.05) is 26.0 Å². The lowest BCUT2D eigenvalue weighted by Gasteiger charge is -2.35. The first-order chi connectivity index (χ1) is 16.0. The van der Waals surface area contributed by atoms with E-state index in [1.165, 1.54) is 0 Å². The van der Waals surface area contributed by atoms with Gasteiger partial charge in [-0.2, -0.15) is 0 Å². The molecule has 2 unspecified atom stereocenters. The Bertz CT molecular complexity index is 1110. The van der Waals surface area contributed by atoms with Crippen molar-refractivity contribution < 1.29 is 22.7 Å². The molecule has 2 aromatic carbocycles. The lowest BCUT2D eigenvalue weighted by atomic mass is 9.91. The van der Waals surface area contributed by atoms with Gasteiger partial charge in [0.1, 0.15) is 11.5 Å². The second-order valence-electron chi connectivity index (χ2n) is 9.30. The van der Waals surface area contributed by atoms with Crippen LogP contribution >= 0.6 is 0 Å². The smallest absolute Gasteiger partial charge is 0.255 e. The fourth-order valence-electron chi connectivity index (χ4n) is 4.23. The first kappa shape index (κ1) is 25.6. The van der Waals surface area contributed by atoms with Crippen molar-refractivity contribution in [2.75, 3.05) is 28.9 Å². The molecule has 3 rings (SSSR count). The quantitative estimate of drug-likeness (QED) is 0.586. The van der Waals surface area contributed by atoms with Crippen LogP contribution in [0.4, 0.5) is 11.4 Å². The van der Waals surface area contributed by atoms with E-state index in [4.69, 9.17) is 4.74 Å². The van der Waals surface area contributed by atoms with Crippen LogP contribution < -0.4 is 14.8 Å². The van der Waals surface area contributed by atoms with Crippen LogP contribution in [-0.4, -0.2) is 50.1 Å². The van der Waals surface area contributed by atoms with Crippen molar-refractivity contribution in [3.05, 3.63) is 54.1 Å². The molecule has 0 saturated carbocycles. The number of sulfonamides is 1. The molecule has 2 N–H and O–H groups in total. The molecule has 8 nitrogen and oxygen atoms in total. The third-order valence-corrected chi connectivity index (χ3v) is 6.60. The summed E-state index contributed by atoms with van der Waals surface area (Å²) >= 11 is 0. The summed E-state index contributed by atoms with van der Waals surface area (Å²) in [6.07, 6.45) is 1.07. The molecule has 0 radical (unpaired) electrons. The monoisotopic (exact) mass is 487 g/mol. The van der Waals surface area contributed by atoms with E-state index in [1.807, 2.05) is 13.8 Å². The second kappa shape index (κ2) is 10.9. The largest absolute Gasteiger partial charge is 0.491 e. The van der Waals surface area contributed by atoms with Crippen LogP contribution in [0.1, 0.15) is 44.5 Å². The van der Waals surface area contributed by atoms with Gasteiger partial charge in [0, 0.05) is 18.8 Å². The van der Waals surface area contributed by atoms with Gasteiger partial charge in [-0.05, 0) is 68.5 Å². The molecule has 9 heteroatoms. The molecule has 1 aliphatic heterocycles. The van der Waals surface area contributed by atoms with Crippen molar-refractivity contribution in [3.63, 3.8) is 0 Å². The van der Waals surface area contributed by atoms with Crippen molar-refractivity contribution in [2.45, 2.75) is 40.2 Å². The number of hydrogen-bond acceptors (Lipinski definition) is 5. The van der Waals surface area contributed by atoms with E-state index in [9.17, 15) is 18.0 Å². The normalized spacial score (nSPS) is 18.4. The minimum absolute atomic E-state index is 0.00251. The van der Waals surface area contributed by atoms with E-state index in [0.717, 1.165) is 6.42 Å². The highest BCUT2D eigenvalue weighted by Gasteiger charge is 2.28. The predicted molar refractivity (Wildman–Crippen MR) is 134 cm³/mol. The van der Waals surface area contributed by atoms with Gasteiger partial charge in [0.05, 0.1) is 17.4 Å². The molecule has 34 heavy (non-hydrogen) atoms. The molecule has 2 atom stereocenters. The Balaban J connectivity index is 1.65. The van der Waals surface area contributed by atoms with Gasteiger partial charge >= 0.3 is 0 Å². The van der Waals surface area contributed by atoms with Gasteiger partial charge < -0.3 is 15.0 Å². The number of benzene rings is 2. The van der Waals surface area contributed by atoms with Crippen molar-refractivity contribution in [3.8, 4) is 5.75 Å². The highest BCUT2D eigenvalue weighted by atomic mass is 32.2. The Morgan fingerprint density at radius 3 is 2.26 bits per heavy atom. The van der Waals surface area contributed by atoms with Crippen molar-refractivity contribution in [2.24, 2.45) is 11.8 Å². The molecule has 0 aromatic heterocycles. The van der Waals surface area contributed by atoms with Crippen LogP contribution in [-0.2, 0) is 14.8 Å².